The first-order valence-corrected chi connectivity index (χ1v) is 13.0. The van der Waals surface area contributed by atoms with Gasteiger partial charge in [-0.3, -0.25) is 19.3 Å². The van der Waals surface area contributed by atoms with E-state index in [9.17, 15) is 27.6 Å². The zero-order valence-electron chi connectivity index (χ0n) is 20.4. The molecule has 0 unspecified atom stereocenters. The van der Waals surface area contributed by atoms with Crippen molar-refractivity contribution < 1.29 is 32.3 Å². The topological polar surface area (TPSA) is 80.6 Å². The Morgan fingerprint density at radius 1 is 1.13 bits per heavy atom. The number of aryl methyl sites for hydroxylation is 1. The molecule has 1 aliphatic rings. The minimum Gasteiger partial charge on any atom is -0.495 e. The Kier molecular flexibility index (Phi) is 7.93. The second-order valence-electron chi connectivity index (χ2n) is 8.37. The number of ether oxygens (including phenoxy) is 1. The molecule has 38 heavy (non-hydrogen) atoms. The molecule has 7 nitrogen and oxygen atoms in total. The minimum atomic E-state index is -4.63. The number of anilines is 1. The highest BCUT2D eigenvalue weighted by Gasteiger charge is 2.37. The van der Waals surface area contributed by atoms with Gasteiger partial charge in [0.1, 0.15) is 12.3 Å². The number of hydrogen-bond donors (Lipinski definition) is 1. The van der Waals surface area contributed by atoms with Gasteiger partial charge < -0.3 is 14.6 Å². The van der Waals surface area contributed by atoms with E-state index in [0.29, 0.717) is 11.8 Å². The van der Waals surface area contributed by atoms with E-state index in [1.165, 1.54) is 7.11 Å². The Bertz CT molecular complexity index is 1480. The quantitative estimate of drug-likeness (QED) is 0.246. The van der Waals surface area contributed by atoms with Crippen LogP contribution in [0, 0.1) is 17.4 Å². The predicted molar refractivity (Wildman–Crippen MR) is 147 cm³/mol. The smallest absolute Gasteiger partial charge is 0.416 e. The van der Waals surface area contributed by atoms with Gasteiger partial charge in [0, 0.05) is 20.6 Å². The third-order valence-electron chi connectivity index (χ3n) is 5.80. The number of imide groups is 1. The Morgan fingerprint density at radius 3 is 2.53 bits per heavy atom. The van der Waals surface area contributed by atoms with E-state index in [2.05, 4.69) is 27.9 Å². The second-order valence-corrected chi connectivity index (χ2v) is 10.6. The van der Waals surface area contributed by atoms with Crippen LogP contribution in [-0.4, -0.2) is 40.2 Å². The predicted octanol–water partition coefficient (Wildman–Crippen LogP) is 6.40. The molecule has 12 heteroatoms. The molecule has 1 aromatic heterocycles. The summed E-state index contributed by atoms with van der Waals surface area (Å²) in [5, 5.41) is 1.65. The Labute approximate surface area is 234 Å². The van der Waals surface area contributed by atoms with Crippen molar-refractivity contribution >= 4 is 63.2 Å². The number of nitrogens with zero attached hydrogens (tertiary/aromatic N) is 2. The van der Waals surface area contributed by atoms with E-state index in [-0.39, 0.29) is 16.3 Å². The third-order valence-corrected chi connectivity index (χ3v) is 7.38. The van der Waals surface area contributed by atoms with Crippen molar-refractivity contribution in [2.75, 3.05) is 19.0 Å². The molecule has 0 bridgehead atoms. The number of methoxy groups -OCH3 is 1. The van der Waals surface area contributed by atoms with Gasteiger partial charge in [0.2, 0.25) is 5.91 Å². The first kappa shape index (κ1) is 27.8. The van der Waals surface area contributed by atoms with Gasteiger partial charge in [-0.05, 0) is 102 Å². The van der Waals surface area contributed by atoms with Crippen LogP contribution < -0.4 is 10.1 Å². The summed E-state index contributed by atoms with van der Waals surface area (Å²) >= 11 is 2.92. The summed E-state index contributed by atoms with van der Waals surface area (Å²) in [6, 6.07) is 12.5. The summed E-state index contributed by atoms with van der Waals surface area (Å²) in [5.41, 5.74) is 2.30. The van der Waals surface area contributed by atoms with E-state index >= 15 is 0 Å². The largest absolute Gasteiger partial charge is 0.495 e. The van der Waals surface area contributed by atoms with Crippen LogP contribution in [0.4, 0.5) is 23.7 Å². The fourth-order valence-corrected chi connectivity index (χ4v) is 5.39. The van der Waals surface area contributed by atoms with Crippen molar-refractivity contribution in [3.05, 3.63) is 79.5 Å². The summed E-state index contributed by atoms with van der Waals surface area (Å²) in [7, 11) is 1.25. The molecule has 1 N–H and O–H groups in total. The molecule has 0 aliphatic carbocycles. The number of carbonyl (C=O) groups excluding carboxylic acids is 3. The lowest BCUT2D eigenvalue weighted by molar-refractivity contribution is -0.137. The molecule has 0 radical (unpaired) electrons. The average Bonchev–Trinajstić information content (AvgIpc) is 3.27. The molecule has 2 heterocycles. The molecule has 0 atom stereocenters. The second kappa shape index (κ2) is 10.8. The number of hydrogen-bond acceptors (Lipinski definition) is 5. The number of thioether (sulfide) groups is 1. The number of carbonyl (C=O) groups is 3. The summed E-state index contributed by atoms with van der Waals surface area (Å²) in [4.78, 5) is 39.1. The highest BCUT2D eigenvalue weighted by Crippen LogP contribution is 2.36. The fraction of sp³-hybridized carbons (Fsp3) is 0.192. The van der Waals surface area contributed by atoms with Gasteiger partial charge in [-0.25, -0.2) is 0 Å². The van der Waals surface area contributed by atoms with Crippen molar-refractivity contribution in [3.63, 3.8) is 0 Å². The Hall–Kier alpha value is -3.26. The van der Waals surface area contributed by atoms with Crippen LogP contribution in [-0.2, 0) is 15.8 Å². The van der Waals surface area contributed by atoms with Gasteiger partial charge in [-0.2, -0.15) is 13.2 Å². The lowest BCUT2D eigenvalue weighted by Crippen LogP contribution is -2.36. The maximum atomic E-state index is 13.1. The maximum absolute atomic E-state index is 13.1. The Morgan fingerprint density at radius 2 is 1.87 bits per heavy atom. The molecular weight excluding hydrogens is 634 g/mol. The first-order valence-electron chi connectivity index (χ1n) is 11.1. The standard InChI is InChI=1S/C26H21F3IN3O4S/c1-14-9-16(15(2)33(14)19-6-4-5-18(30)12-19)10-22-24(35)32(25(36)38-22)13-23(34)31-20-11-17(26(27,28)29)7-8-21(20)37-3/h4-12H,13H2,1-3H3,(H,31,34)/b22-10-. The summed E-state index contributed by atoms with van der Waals surface area (Å²) in [5.74, 6) is -1.50. The van der Waals surface area contributed by atoms with Crippen molar-refractivity contribution in [1.29, 1.82) is 0 Å². The number of alkyl halides is 3. The number of nitrogens with one attached hydrogen (secondary N) is 1. The van der Waals surface area contributed by atoms with Crippen molar-refractivity contribution in [1.82, 2.24) is 9.47 Å². The molecule has 3 amide bonds. The molecule has 0 saturated carbocycles. The van der Waals surface area contributed by atoms with E-state index in [1.54, 1.807) is 6.08 Å². The molecule has 2 aromatic carbocycles. The van der Waals surface area contributed by atoms with Crippen LogP contribution in [0.2, 0.25) is 0 Å². The molecule has 3 aromatic rings. The molecular formula is C26H21F3IN3O4S. The zero-order chi connectivity index (χ0) is 27.8. The molecule has 0 spiro atoms. The highest BCUT2D eigenvalue weighted by atomic mass is 127. The Balaban J connectivity index is 1.53. The molecule has 198 valence electrons. The van der Waals surface area contributed by atoms with Crippen molar-refractivity contribution in [3.8, 4) is 11.4 Å². The van der Waals surface area contributed by atoms with Gasteiger partial charge in [0.05, 0.1) is 23.3 Å². The van der Waals surface area contributed by atoms with Crippen LogP contribution in [0.15, 0.2) is 53.4 Å². The zero-order valence-corrected chi connectivity index (χ0v) is 23.3. The van der Waals surface area contributed by atoms with Crippen molar-refractivity contribution in [2.45, 2.75) is 20.0 Å². The monoisotopic (exact) mass is 655 g/mol. The van der Waals surface area contributed by atoms with Crippen molar-refractivity contribution in [2.24, 2.45) is 0 Å². The van der Waals surface area contributed by atoms with E-state index in [0.717, 1.165) is 49.3 Å². The number of halogens is 4. The highest BCUT2D eigenvalue weighted by molar-refractivity contribution is 14.1. The third kappa shape index (κ3) is 5.75. The van der Waals surface area contributed by atoms with Crippen LogP contribution in [0.3, 0.4) is 0 Å². The maximum Gasteiger partial charge on any atom is 0.416 e. The van der Waals surface area contributed by atoms with E-state index < -0.39 is 35.3 Å². The molecule has 1 fully saturated rings. The van der Waals surface area contributed by atoms with Gasteiger partial charge in [-0.15, -0.1) is 0 Å². The summed E-state index contributed by atoms with van der Waals surface area (Å²) < 4.78 is 47.4. The van der Waals surface area contributed by atoms with Crippen LogP contribution in [0.25, 0.3) is 11.8 Å². The lowest BCUT2D eigenvalue weighted by Gasteiger charge is -2.16. The van der Waals surface area contributed by atoms with Crippen LogP contribution in [0.5, 0.6) is 5.75 Å². The van der Waals surface area contributed by atoms with Gasteiger partial charge >= 0.3 is 6.18 Å². The van der Waals surface area contributed by atoms with E-state index in [1.807, 2.05) is 48.7 Å². The lowest BCUT2D eigenvalue weighted by atomic mass is 10.1. The van der Waals surface area contributed by atoms with Gasteiger partial charge in [0.15, 0.2) is 0 Å². The number of aromatic nitrogens is 1. The van der Waals surface area contributed by atoms with Gasteiger partial charge in [0.25, 0.3) is 11.1 Å². The first-order chi connectivity index (χ1) is 17.9. The number of rotatable bonds is 6. The van der Waals surface area contributed by atoms with Crippen LogP contribution in [0.1, 0.15) is 22.5 Å². The average molecular weight is 655 g/mol. The summed E-state index contributed by atoms with van der Waals surface area (Å²) in [6.07, 6.45) is -3.03. The SMILES string of the molecule is COc1ccc(C(F)(F)F)cc1NC(=O)CN1C(=O)S/C(=C\c2cc(C)n(-c3cccc(I)c3)c2C)C1=O. The number of benzene rings is 2. The fourth-order valence-electron chi connectivity index (χ4n) is 4.04. The molecule has 4 rings (SSSR count). The summed E-state index contributed by atoms with van der Waals surface area (Å²) in [6.45, 7) is 3.17. The van der Waals surface area contributed by atoms with E-state index in [4.69, 9.17) is 4.74 Å². The minimum absolute atomic E-state index is 0.00356. The van der Waals surface area contributed by atoms with Gasteiger partial charge in [-0.1, -0.05) is 6.07 Å². The number of amides is 3. The molecule has 1 saturated heterocycles. The van der Waals surface area contributed by atoms with Crippen LogP contribution >= 0.6 is 34.4 Å². The normalized spacial score (nSPS) is 14.9. The molecule has 1 aliphatic heterocycles.